The number of nitrogens with one attached hydrogen (secondary N) is 2. The van der Waals surface area contributed by atoms with E-state index in [2.05, 4.69) is 35.8 Å². The van der Waals surface area contributed by atoms with E-state index < -0.39 is 0 Å². The van der Waals surface area contributed by atoms with Crippen LogP contribution in [0.1, 0.15) is 53.9 Å². The fraction of sp³-hybridized carbons (Fsp3) is 0.370. The second-order valence-electron chi connectivity index (χ2n) is 10.7. The lowest BCUT2D eigenvalue weighted by Gasteiger charge is -2.17. The number of urea groups is 1. The van der Waals surface area contributed by atoms with E-state index in [1.54, 1.807) is 6.20 Å². The summed E-state index contributed by atoms with van der Waals surface area (Å²) >= 11 is 0. The zero-order chi connectivity index (χ0) is 28.2. The normalized spacial score (nSPS) is 20.1. The van der Waals surface area contributed by atoms with Crippen molar-refractivity contribution in [3.05, 3.63) is 59.7 Å². The van der Waals surface area contributed by atoms with Gasteiger partial charge in [0.25, 0.3) is 5.95 Å². The van der Waals surface area contributed by atoms with Crippen LogP contribution in [0.5, 0.6) is 0 Å². The summed E-state index contributed by atoms with van der Waals surface area (Å²) in [4.78, 5) is 58.2. The summed E-state index contributed by atoms with van der Waals surface area (Å²) in [6, 6.07) is 3.43. The summed E-state index contributed by atoms with van der Waals surface area (Å²) in [6.07, 6.45) is 9.96. The van der Waals surface area contributed by atoms with E-state index in [1.807, 2.05) is 35.9 Å². The molecule has 0 bridgehead atoms. The zero-order valence-electron chi connectivity index (χ0n) is 22.5. The van der Waals surface area contributed by atoms with Crippen LogP contribution in [0.25, 0.3) is 5.65 Å². The Kier molecular flexibility index (Phi) is 5.83. The predicted molar refractivity (Wildman–Crippen MR) is 146 cm³/mol. The number of hydrogen-bond acceptors (Lipinski definition) is 10. The predicted octanol–water partition coefficient (Wildman–Crippen LogP) is 2.25. The first kappa shape index (κ1) is 25.0. The number of imidazole rings is 1. The zero-order valence-corrected chi connectivity index (χ0v) is 22.5. The number of likely N-dealkylation sites (N-methyl/N-ethyl adjacent to an activating group) is 1. The van der Waals surface area contributed by atoms with Gasteiger partial charge in [-0.05, 0) is 49.8 Å². The Balaban J connectivity index is 1.05. The van der Waals surface area contributed by atoms with Gasteiger partial charge in [0.05, 0.1) is 24.1 Å². The molecule has 1 saturated heterocycles. The van der Waals surface area contributed by atoms with Crippen molar-refractivity contribution >= 4 is 40.9 Å². The van der Waals surface area contributed by atoms with Crippen molar-refractivity contribution in [2.24, 2.45) is 5.92 Å². The quantitative estimate of drug-likeness (QED) is 0.309. The fourth-order valence-electron chi connectivity index (χ4n) is 5.10. The molecule has 3 aliphatic rings. The van der Waals surface area contributed by atoms with Crippen LogP contribution in [-0.4, -0.2) is 70.9 Å². The van der Waals surface area contributed by atoms with Crippen molar-refractivity contribution in [2.45, 2.75) is 44.6 Å². The van der Waals surface area contributed by atoms with Gasteiger partial charge < -0.3 is 9.72 Å². The van der Waals surface area contributed by atoms with Crippen molar-refractivity contribution in [1.29, 1.82) is 0 Å². The third kappa shape index (κ3) is 4.81. The third-order valence-corrected chi connectivity index (χ3v) is 7.64. The first-order valence-corrected chi connectivity index (χ1v) is 13.5. The van der Waals surface area contributed by atoms with Crippen LogP contribution in [0.4, 0.5) is 22.2 Å². The van der Waals surface area contributed by atoms with Gasteiger partial charge in [-0.1, -0.05) is 0 Å². The number of anilines is 3. The van der Waals surface area contributed by atoms with Crippen molar-refractivity contribution in [3.63, 3.8) is 0 Å². The molecular formula is C27H27N11O3. The second kappa shape index (κ2) is 9.57. The molecule has 0 spiro atoms. The number of carbonyl (C=O) groups excluding carboxylic acids is 3. The molecule has 2 N–H and O–H groups in total. The minimum Gasteiger partial charge on any atom is -0.363 e. The molecule has 14 nitrogen and oxygen atoms in total. The van der Waals surface area contributed by atoms with Crippen LogP contribution in [0.2, 0.25) is 0 Å². The number of pyridine rings is 1. The van der Waals surface area contributed by atoms with Crippen LogP contribution in [-0.2, 0) is 16.1 Å². The van der Waals surface area contributed by atoms with E-state index in [0.717, 1.165) is 29.0 Å². The number of aromatic nitrogens is 7. The monoisotopic (exact) mass is 553 g/mol. The van der Waals surface area contributed by atoms with Gasteiger partial charge in [0.2, 0.25) is 11.8 Å². The van der Waals surface area contributed by atoms with Crippen LogP contribution >= 0.6 is 0 Å². The van der Waals surface area contributed by atoms with E-state index >= 15 is 0 Å². The lowest BCUT2D eigenvalue weighted by Crippen LogP contribution is -2.30. The Labute approximate surface area is 234 Å². The highest BCUT2D eigenvalue weighted by Gasteiger charge is 2.46. The maximum atomic E-state index is 12.8. The molecule has 2 aliphatic carbocycles. The lowest BCUT2D eigenvalue weighted by atomic mass is 10.1. The largest absolute Gasteiger partial charge is 0.363 e. The summed E-state index contributed by atoms with van der Waals surface area (Å²) < 4.78 is 1.91. The Morgan fingerprint density at radius 3 is 2.76 bits per heavy atom. The highest BCUT2D eigenvalue weighted by Crippen LogP contribution is 2.46. The summed E-state index contributed by atoms with van der Waals surface area (Å²) in [5.41, 5.74) is 3.89. The Hall–Kier alpha value is -5.01. The second-order valence-corrected chi connectivity index (χ2v) is 10.7. The molecule has 4 aromatic rings. The van der Waals surface area contributed by atoms with Gasteiger partial charge in [-0.2, -0.15) is 10.1 Å². The van der Waals surface area contributed by atoms with E-state index in [9.17, 15) is 14.4 Å². The maximum absolute atomic E-state index is 12.8. The molecule has 2 atom stereocenters. The van der Waals surface area contributed by atoms with Crippen LogP contribution in [0, 0.1) is 12.8 Å². The topological polar surface area (TPSA) is 164 Å². The first-order chi connectivity index (χ1) is 19.8. The van der Waals surface area contributed by atoms with Gasteiger partial charge in [0.15, 0.2) is 11.5 Å². The van der Waals surface area contributed by atoms with E-state index in [-0.39, 0.29) is 42.2 Å². The van der Waals surface area contributed by atoms with Crippen LogP contribution < -0.4 is 15.5 Å². The standard InChI is InChI=1S/C27H27N11O3/c1-14-5-6-28-23(31-14)18-8-19(18)25(40)34-26-33-21(10-30-35-26)29-9-17-12-37-11-16(15-3-4-15)7-20(24(37)32-17)38-13-22(39)36(2)27(38)41/h5-7,10-12,15,18-19H,3-4,8-9,13H2,1-2H3,(H2,29,33,34,35,40). The molecule has 0 radical (unpaired) electrons. The average molecular weight is 554 g/mol. The molecule has 2 saturated carbocycles. The van der Waals surface area contributed by atoms with Crippen LogP contribution in [0.15, 0.2) is 36.9 Å². The molecule has 2 unspecified atom stereocenters. The van der Waals surface area contributed by atoms with Gasteiger partial charge in [-0.15, -0.1) is 5.10 Å². The summed E-state index contributed by atoms with van der Waals surface area (Å²) in [7, 11) is 1.49. The van der Waals surface area contributed by atoms with Gasteiger partial charge in [-0.3, -0.25) is 24.7 Å². The Morgan fingerprint density at radius 2 is 2.00 bits per heavy atom. The van der Waals surface area contributed by atoms with Crippen molar-refractivity contribution in [3.8, 4) is 0 Å². The number of rotatable bonds is 8. The molecule has 5 heterocycles. The molecule has 208 valence electrons. The molecule has 7 rings (SSSR count). The lowest BCUT2D eigenvalue weighted by molar-refractivity contribution is -0.124. The number of aryl methyl sites for hydroxylation is 1. The minimum absolute atomic E-state index is 0.0136. The SMILES string of the molecule is Cc1ccnc(C2CC2C(=O)Nc2nncc(NCc3cn4cc(C5CC5)cc(N5CC(=O)N(C)C5=O)c4n3)n2)n1. The number of fused-ring (bicyclic) bond motifs is 1. The maximum Gasteiger partial charge on any atom is 0.331 e. The summed E-state index contributed by atoms with van der Waals surface area (Å²) in [5, 5.41) is 13.8. The molecular weight excluding hydrogens is 526 g/mol. The highest BCUT2D eigenvalue weighted by atomic mass is 16.2. The number of amides is 4. The molecule has 4 aromatic heterocycles. The van der Waals surface area contributed by atoms with E-state index in [4.69, 9.17) is 4.98 Å². The van der Waals surface area contributed by atoms with Crippen LogP contribution in [0.3, 0.4) is 0 Å². The number of imide groups is 1. The van der Waals surface area contributed by atoms with E-state index in [1.165, 1.54) is 18.1 Å². The first-order valence-electron chi connectivity index (χ1n) is 13.5. The van der Waals surface area contributed by atoms with Gasteiger partial charge >= 0.3 is 6.03 Å². The van der Waals surface area contributed by atoms with Crippen molar-refractivity contribution in [2.75, 3.05) is 29.1 Å². The number of nitrogens with zero attached hydrogens (tertiary/aromatic N) is 9. The number of carbonyl (C=O) groups is 3. The minimum atomic E-state index is -0.363. The van der Waals surface area contributed by atoms with Gasteiger partial charge in [-0.25, -0.2) is 19.7 Å². The van der Waals surface area contributed by atoms with Crippen molar-refractivity contribution < 1.29 is 14.4 Å². The molecule has 0 aromatic carbocycles. The van der Waals surface area contributed by atoms with E-state index in [0.29, 0.717) is 47.6 Å². The Morgan fingerprint density at radius 1 is 1.15 bits per heavy atom. The molecule has 3 fully saturated rings. The number of hydrogen-bond donors (Lipinski definition) is 2. The third-order valence-electron chi connectivity index (χ3n) is 7.64. The fourth-order valence-corrected chi connectivity index (χ4v) is 5.10. The summed E-state index contributed by atoms with van der Waals surface area (Å²) in [5.74, 6) is 0.945. The van der Waals surface area contributed by atoms with Crippen molar-refractivity contribution in [1.82, 2.24) is 39.4 Å². The molecule has 4 amide bonds. The Bertz CT molecular complexity index is 1720. The summed E-state index contributed by atoms with van der Waals surface area (Å²) in [6.45, 7) is 2.20. The molecule has 14 heteroatoms. The van der Waals surface area contributed by atoms with Gasteiger partial charge in [0.1, 0.15) is 12.4 Å². The smallest absolute Gasteiger partial charge is 0.331 e. The van der Waals surface area contributed by atoms with Gasteiger partial charge in [0, 0.05) is 43.2 Å². The average Bonchev–Trinajstić information content (AvgIpc) is 3.89. The molecule has 41 heavy (non-hydrogen) atoms. The highest BCUT2D eigenvalue weighted by molar-refractivity contribution is 6.13. The molecule has 1 aliphatic heterocycles.